The first-order valence-electron chi connectivity index (χ1n) is 6.60. The molecule has 5 heteroatoms. The van der Waals surface area contributed by atoms with Crippen molar-refractivity contribution in [1.29, 1.82) is 0 Å². The van der Waals surface area contributed by atoms with Gasteiger partial charge in [-0.3, -0.25) is 4.79 Å². The second-order valence-corrected chi connectivity index (χ2v) is 6.31. The number of carbonyl (C=O) groups excluding carboxylic acids is 1. The molecular weight excluding hydrogens is 283 g/mol. The summed E-state index contributed by atoms with van der Waals surface area (Å²) >= 11 is 11.8. The fourth-order valence-electron chi connectivity index (χ4n) is 2.54. The van der Waals surface area contributed by atoms with Gasteiger partial charge in [-0.15, -0.1) is 0 Å². The maximum atomic E-state index is 12.1. The Bertz CT molecular complexity index is 471. The molecule has 0 unspecified atom stereocenters. The molecule has 1 aliphatic rings. The number of aromatic nitrogens is 1. The Labute approximate surface area is 123 Å². The highest BCUT2D eigenvalue weighted by atomic mass is 35.5. The summed E-state index contributed by atoms with van der Waals surface area (Å²) in [6, 6.07) is 3.16. The summed E-state index contributed by atoms with van der Waals surface area (Å²) in [5.74, 6) is -0.251. The lowest BCUT2D eigenvalue weighted by atomic mass is 9.76. The van der Waals surface area contributed by atoms with Crippen molar-refractivity contribution < 1.29 is 4.79 Å². The zero-order valence-electron chi connectivity index (χ0n) is 11.0. The van der Waals surface area contributed by atoms with Gasteiger partial charge >= 0.3 is 0 Å². The van der Waals surface area contributed by atoms with Gasteiger partial charge < -0.3 is 5.32 Å². The minimum absolute atomic E-state index is 0.193. The maximum Gasteiger partial charge on any atom is 0.271 e. The van der Waals surface area contributed by atoms with Crippen molar-refractivity contribution in [1.82, 2.24) is 10.3 Å². The Morgan fingerprint density at radius 2 is 2.00 bits per heavy atom. The predicted octanol–water partition coefficient (Wildman–Crippen LogP) is 4.09. The first-order chi connectivity index (χ1) is 9.00. The molecule has 2 rings (SSSR count). The third kappa shape index (κ3) is 3.83. The van der Waals surface area contributed by atoms with E-state index in [-0.39, 0.29) is 22.2 Å². The number of amides is 1. The van der Waals surface area contributed by atoms with Gasteiger partial charge in [0.25, 0.3) is 5.91 Å². The number of nitrogens with zero attached hydrogens (tertiary/aromatic N) is 1. The van der Waals surface area contributed by atoms with E-state index in [1.807, 2.05) is 0 Å². The Morgan fingerprint density at radius 1 is 1.32 bits per heavy atom. The van der Waals surface area contributed by atoms with Crippen molar-refractivity contribution in [3.8, 4) is 0 Å². The third-order valence-electron chi connectivity index (χ3n) is 3.76. The van der Waals surface area contributed by atoms with Crippen LogP contribution in [0.25, 0.3) is 0 Å². The number of hydrogen-bond donors (Lipinski definition) is 1. The molecule has 0 aromatic carbocycles. The molecule has 1 heterocycles. The second kappa shape index (κ2) is 6.10. The second-order valence-electron chi connectivity index (χ2n) is 5.52. The molecule has 0 radical (unpaired) electrons. The maximum absolute atomic E-state index is 12.1. The average Bonchev–Trinajstić information content (AvgIpc) is 2.40. The van der Waals surface area contributed by atoms with Crippen LogP contribution in [0.1, 0.15) is 49.5 Å². The van der Waals surface area contributed by atoms with E-state index < -0.39 is 0 Å². The summed E-state index contributed by atoms with van der Waals surface area (Å²) < 4.78 is 0. The van der Waals surface area contributed by atoms with E-state index in [4.69, 9.17) is 23.2 Å². The molecule has 0 saturated heterocycles. The molecule has 1 N–H and O–H groups in total. The highest BCUT2D eigenvalue weighted by Crippen LogP contribution is 2.35. The molecule has 1 aromatic heterocycles. The standard InChI is InChI=1S/C14H18Cl2N2O/c1-14(7-3-2-4-8-14)9-17-13(19)12-10(15)5-6-11(16)18-12/h5-6H,2-4,7-9H2,1H3,(H,17,19). The van der Waals surface area contributed by atoms with Crippen molar-refractivity contribution >= 4 is 29.1 Å². The normalized spacial score (nSPS) is 18.1. The summed E-state index contributed by atoms with van der Waals surface area (Å²) in [5, 5.41) is 3.54. The van der Waals surface area contributed by atoms with Crippen LogP contribution in [0.5, 0.6) is 0 Å². The van der Waals surface area contributed by atoms with Gasteiger partial charge in [0, 0.05) is 6.54 Å². The molecule has 0 atom stereocenters. The van der Waals surface area contributed by atoms with E-state index in [9.17, 15) is 4.79 Å². The van der Waals surface area contributed by atoms with Crippen molar-refractivity contribution in [2.75, 3.05) is 6.54 Å². The van der Waals surface area contributed by atoms with E-state index in [1.54, 1.807) is 12.1 Å². The van der Waals surface area contributed by atoms with E-state index in [2.05, 4.69) is 17.2 Å². The topological polar surface area (TPSA) is 42.0 Å². The summed E-state index contributed by atoms with van der Waals surface area (Å²) in [4.78, 5) is 16.1. The average molecular weight is 301 g/mol. The molecule has 0 spiro atoms. The zero-order chi connectivity index (χ0) is 13.9. The molecule has 1 aromatic rings. The Balaban J connectivity index is 1.99. The molecular formula is C14H18Cl2N2O. The van der Waals surface area contributed by atoms with Crippen molar-refractivity contribution in [3.05, 3.63) is 28.0 Å². The Hall–Kier alpha value is -0.800. The van der Waals surface area contributed by atoms with Crippen LogP contribution in [-0.4, -0.2) is 17.4 Å². The van der Waals surface area contributed by atoms with Gasteiger partial charge in [-0.2, -0.15) is 0 Å². The van der Waals surface area contributed by atoms with Crippen molar-refractivity contribution in [3.63, 3.8) is 0 Å². The van der Waals surface area contributed by atoms with Gasteiger partial charge in [-0.1, -0.05) is 49.4 Å². The van der Waals surface area contributed by atoms with Gasteiger partial charge in [0.05, 0.1) is 5.02 Å². The third-order valence-corrected chi connectivity index (χ3v) is 4.28. The van der Waals surface area contributed by atoms with Crippen LogP contribution in [0.15, 0.2) is 12.1 Å². The lowest BCUT2D eigenvalue weighted by Crippen LogP contribution is -2.37. The number of hydrogen-bond acceptors (Lipinski definition) is 2. The van der Waals surface area contributed by atoms with E-state index >= 15 is 0 Å². The lowest BCUT2D eigenvalue weighted by Gasteiger charge is -2.33. The zero-order valence-corrected chi connectivity index (χ0v) is 12.5. The van der Waals surface area contributed by atoms with Crippen LogP contribution in [0.4, 0.5) is 0 Å². The molecule has 19 heavy (non-hydrogen) atoms. The SMILES string of the molecule is CC1(CNC(=O)c2nc(Cl)ccc2Cl)CCCCC1. The minimum Gasteiger partial charge on any atom is -0.350 e. The number of nitrogens with one attached hydrogen (secondary N) is 1. The molecule has 3 nitrogen and oxygen atoms in total. The Kier molecular flexibility index (Phi) is 4.69. The fourth-order valence-corrected chi connectivity index (χ4v) is 2.88. The first kappa shape index (κ1) is 14.6. The summed E-state index contributed by atoms with van der Waals surface area (Å²) in [6.07, 6.45) is 6.09. The van der Waals surface area contributed by atoms with Gasteiger partial charge in [0.2, 0.25) is 0 Å². The largest absolute Gasteiger partial charge is 0.350 e. The van der Waals surface area contributed by atoms with E-state index in [0.717, 1.165) is 12.8 Å². The van der Waals surface area contributed by atoms with Gasteiger partial charge in [0.15, 0.2) is 0 Å². The minimum atomic E-state index is -0.251. The van der Waals surface area contributed by atoms with Crippen LogP contribution in [0, 0.1) is 5.41 Å². The van der Waals surface area contributed by atoms with Crippen molar-refractivity contribution in [2.24, 2.45) is 5.41 Å². The highest BCUT2D eigenvalue weighted by molar-refractivity contribution is 6.34. The van der Waals surface area contributed by atoms with Gasteiger partial charge in [0.1, 0.15) is 10.8 Å². The Morgan fingerprint density at radius 3 is 2.68 bits per heavy atom. The van der Waals surface area contributed by atoms with Gasteiger partial charge in [-0.05, 0) is 30.4 Å². The predicted molar refractivity (Wildman–Crippen MR) is 77.8 cm³/mol. The number of halogens is 2. The highest BCUT2D eigenvalue weighted by Gasteiger charge is 2.27. The van der Waals surface area contributed by atoms with E-state index in [1.165, 1.54) is 19.3 Å². The van der Waals surface area contributed by atoms with Crippen molar-refractivity contribution in [2.45, 2.75) is 39.0 Å². The summed E-state index contributed by atoms with van der Waals surface area (Å²) in [5.41, 5.74) is 0.396. The van der Waals surface area contributed by atoms with Crippen LogP contribution in [0.2, 0.25) is 10.2 Å². The molecule has 1 aliphatic carbocycles. The lowest BCUT2D eigenvalue weighted by molar-refractivity contribution is 0.0914. The number of pyridine rings is 1. The summed E-state index contributed by atoms with van der Waals surface area (Å²) in [7, 11) is 0. The summed E-state index contributed by atoms with van der Waals surface area (Å²) in [6.45, 7) is 2.88. The van der Waals surface area contributed by atoms with Gasteiger partial charge in [-0.25, -0.2) is 4.98 Å². The smallest absolute Gasteiger partial charge is 0.271 e. The molecule has 0 aliphatic heterocycles. The van der Waals surface area contributed by atoms with Crippen LogP contribution in [0.3, 0.4) is 0 Å². The molecule has 104 valence electrons. The van der Waals surface area contributed by atoms with Crippen LogP contribution < -0.4 is 5.32 Å². The molecule has 1 fully saturated rings. The first-order valence-corrected chi connectivity index (χ1v) is 7.36. The number of carbonyl (C=O) groups is 1. The van der Waals surface area contributed by atoms with Crippen LogP contribution >= 0.6 is 23.2 Å². The van der Waals surface area contributed by atoms with Crippen LogP contribution in [-0.2, 0) is 0 Å². The molecule has 0 bridgehead atoms. The molecule has 1 amide bonds. The van der Waals surface area contributed by atoms with E-state index in [0.29, 0.717) is 11.6 Å². The monoisotopic (exact) mass is 300 g/mol. The number of rotatable bonds is 3. The molecule has 1 saturated carbocycles. The fraction of sp³-hybridized carbons (Fsp3) is 0.571. The quantitative estimate of drug-likeness (QED) is 0.854.